The molecule has 0 bridgehead atoms. The Hall–Kier alpha value is -2.40. The molecule has 2 aromatic rings. The van der Waals surface area contributed by atoms with Crippen molar-refractivity contribution in [3.63, 3.8) is 0 Å². The standard InChI is InChI=1S/C19H20ClFN2O2/c1-4-14-7-5-6-12(2)19(14)23(13(3)24)11-18(25)22-15-8-9-17(21)16(20)10-15/h5-10H,4,11H2,1-3H3,(H,22,25). The van der Waals surface area contributed by atoms with Gasteiger partial charge in [-0.3, -0.25) is 9.59 Å². The summed E-state index contributed by atoms with van der Waals surface area (Å²) in [6.07, 6.45) is 0.746. The van der Waals surface area contributed by atoms with Gasteiger partial charge in [-0.2, -0.15) is 0 Å². The average Bonchev–Trinajstić information content (AvgIpc) is 2.56. The summed E-state index contributed by atoms with van der Waals surface area (Å²) in [4.78, 5) is 25.9. The van der Waals surface area contributed by atoms with Crippen molar-refractivity contribution in [3.8, 4) is 0 Å². The second-order valence-electron chi connectivity index (χ2n) is 5.72. The van der Waals surface area contributed by atoms with E-state index in [4.69, 9.17) is 11.6 Å². The molecule has 1 N–H and O–H groups in total. The molecule has 0 saturated carbocycles. The Balaban J connectivity index is 2.23. The molecule has 0 aliphatic rings. The van der Waals surface area contributed by atoms with Crippen molar-refractivity contribution in [2.24, 2.45) is 0 Å². The number of para-hydroxylation sites is 1. The molecule has 0 aliphatic carbocycles. The van der Waals surface area contributed by atoms with E-state index in [1.54, 1.807) is 0 Å². The van der Waals surface area contributed by atoms with Gasteiger partial charge in [-0.1, -0.05) is 36.7 Å². The third-order valence-corrected chi connectivity index (χ3v) is 4.15. The number of nitrogens with one attached hydrogen (secondary N) is 1. The maximum atomic E-state index is 13.2. The molecular weight excluding hydrogens is 343 g/mol. The number of amides is 2. The first-order chi connectivity index (χ1) is 11.8. The first-order valence-electron chi connectivity index (χ1n) is 7.95. The largest absolute Gasteiger partial charge is 0.324 e. The van der Waals surface area contributed by atoms with Gasteiger partial charge in [0.15, 0.2) is 0 Å². The second kappa shape index (κ2) is 8.12. The molecule has 2 rings (SSSR count). The minimum absolute atomic E-state index is 0.0756. The Bertz CT molecular complexity index is 808. The van der Waals surface area contributed by atoms with Crippen molar-refractivity contribution in [1.29, 1.82) is 0 Å². The van der Waals surface area contributed by atoms with E-state index in [0.717, 1.165) is 23.2 Å². The number of carbonyl (C=O) groups excluding carboxylic acids is 2. The Morgan fingerprint density at radius 2 is 1.96 bits per heavy atom. The summed E-state index contributed by atoms with van der Waals surface area (Å²) in [5.74, 6) is -1.17. The van der Waals surface area contributed by atoms with E-state index in [9.17, 15) is 14.0 Å². The van der Waals surface area contributed by atoms with Crippen LogP contribution in [0.1, 0.15) is 25.0 Å². The van der Waals surface area contributed by atoms with Crippen LogP contribution in [-0.2, 0) is 16.0 Å². The van der Waals surface area contributed by atoms with Gasteiger partial charge in [0.05, 0.1) is 10.7 Å². The predicted molar refractivity (Wildman–Crippen MR) is 98.6 cm³/mol. The maximum Gasteiger partial charge on any atom is 0.244 e. The minimum Gasteiger partial charge on any atom is -0.324 e. The van der Waals surface area contributed by atoms with Crippen LogP contribution in [0, 0.1) is 12.7 Å². The summed E-state index contributed by atoms with van der Waals surface area (Å²) < 4.78 is 13.2. The molecule has 0 saturated heterocycles. The van der Waals surface area contributed by atoms with E-state index in [1.165, 1.54) is 30.0 Å². The SMILES string of the molecule is CCc1cccc(C)c1N(CC(=O)Nc1ccc(F)c(Cl)c1)C(C)=O. The first kappa shape index (κ1) is 18.9. The van der Waals surface area contributed by atoms with E-state index in [-0.39, 0.29) is 23.4 Å². The summed E-state index contributed by atoms with van der Waals surface area (Å²) >= 11 is 5.72. The van der Waals surface area contributed by atoms with Gasteiger partial charge in [0.1, 0.15) is 12.4 Å². The Morgan fingerprint density at radius 3 is 2.56 bits per heavy atom. The Labute approximate surface area is 151 Å². The highest BCUT2D eigenvalue weighted by Gasteiger charge is 2.20. The lowest BCUT2D eigenvalue weighted by atomic mass is 10.0. The average molecular weight is 363 g/mol. The smallest absolute Gasteiger partial charge is 0.244 e. The van der Waals surface area contributed by atoms with Gasteiger partial charge in [-0.15, -0.1) is 0 Å². The van der Waals surface area contributed by atoms with Crippen LogP contribution in [-0.4, -0.2) is 18.4 Å². The summed E-state index contributed by atoms with van der Waals surface area (Å²) in [5, 5.41) is 2.56. The summed E-state index contributed by atoms with van der Waals surface area (Å²) in [5.41, 5.74) is 3.05. The monoisotopic (exact) mass is 362 g/mol. The minimum atomic E-state index is -0.558. The van der Waals surface area contributed by atoms with Crippen LogP contribution in [0.4, 0.5) is 15.8 Å². The van der Waals surface area contributed by atoms with Gasteiger partial charge >= 0.3 is 0 Å². The van der Waals surface area contributed by atoms with Crippen molar-refractivity contribution >= 4 is 34.8 Å². The highest BCUT2D eigenvalue weighted by Crippen LogP contribution is 2.26. The molecule has 0 fully saturated rings. The molecule has 25 heavy (non-hydrogen) atoms. The van der Waals surface area contributed by atoms with Crippen LogP contribution in [0.5, 0.6) is 0 Å². The van der Waals surface area contributed by atoms with Crippen LogP contribution in [0.25, 0.3) is 0 Å². The predicted octanol–water partition coefficient (Wildman–Crippen LogP) is 4.34. The Kier molecular flexibility index (Phi) is 6.15. The van der Waals surface area contributed by atoms with E-state index in [2.05, 4.69) is 5.32 Å². The summed E-state index contributed by atoms with van der Waals surface area (Å²) in [6, 6.07) is 9.70. The zero-order chi connectivity index (χ0) is 18.6. The zero-order valence-electron chi connectivity index (χ0n) is 14.4. The number of anilines is 2. The lowest BCUT2D eigenvalue weighted by Gasteiger charge is -2.25. The molecule has 0 unspecified atom stereocenters. The third kappa shape index (κ3) is 4.57. The summed E-state index contributed by atoms with van der Waals surface area (Å²) in [7, 11) is 0. The van der Waals surface area contributed by atoms with Gasteiger partial charge in [-0.05, 0) is 42.7 Å². The van der Waals surface area contributed by atoms with Gasteiger partial charge in [-0.25, -0.2) is 4.39 Å². The fourth-order valence-corrected chi connectivity index (χ4v) is 2.84. The number of rotatable bonds is 5. The highest BCUT2D eigenvalue weighted by atomic mass is 35.5. The molecular formula is C19H20ClFN2O2. The van der Waals surface area contributed by atoms with Crippen molar-refractivity contribution in [3.05, 3.63) is 58.4 Å². The molecule has 132 valence electrons. The molecule has 2 amide bonds. The van der Waals surface area contributed by atoms with Crippen LogP contribution in [0.2, 0.25) is 5.02 Å². The fourth-order valence-electron chi connectivity index (χ4n) is 2.66. The molecule has 4 nitrogen and oxygen atoms in total. The van der Waals surface area contributed by atoms with E-state index >= 15 is 0 Å². The summed E-state index contributed by atoms with van der Waals surface area (Å²) in [6.45, 7) is 5.19. The number of halogens is 2. The van der Waals surface area contributed by atoms with Crippen LogP contribution >= 0.6 is 11.6 Å². The molecule has 0 aromatic heterocycles. The molecule has 0 radical (unpaired) electrons. The molecule has 0 atom stereocenters. The number of carbonyl (C=O) groups is 2. The van der Waals surface area contributed by atoms with Crippen LogP contribution < -0.4 is 10.2 Å². The van der Waals surface area contributed by atoms with E-state index in [1.807, 2.05) is 32.0 Å². The van der Waals surface area contributed by atoms with Gasteiger partial charge < -0.3 is 10.2 Å². The normalized spacial score (nSPS) is 10.4. The second-order valence-corrected chi connectivity index (χ2v) is 6.13. The lowest BCUT2D eigenvalue weighted by Crippen LogP contribution is -2.37. The number of nitrogens with zero attached hydrogens (tertiary/aromatic N) is 1. The molecule has 0 aliphatic heterocycles. The quantitative estimate of drug-likeness (QED) is 0.860. The van der Waals surface area contributed by atoms with Crippen LogP contribution in [0.15, 0.2) is 36.4 Å². The lowest BCUT2D eigenvalue weighted by molar-refractivity contribution is -0.120. The Morgan fingerprint density at radius 1 is 1.24 bits per heavy atom. The number of benzene rings is 2. The van der Waals surface area contributed by atoms with Crippen molar-refractivity contribution in [2.45, 2.75) is 27.2 Å². The van der Waals surface area contributed by atoms with Crippen LogP contribution in [0.3, 0.4) is 0 Å². The first-order valence-corrected chi connectivity index (χ1v) is 8.32. The number of hydrogen-bond acceptors (Lipinski definition) is 2. The number of hydrogen-bond donors (Lipinski definition) is 1. The van der Waals surface area contributed by atoms with E-state index in [0.29, 0.717) is 5.69 Å². The fraction of sp³-hybridized carbons (Fsp3) is 0.263. The molecule has 6 heteroatoms. The molecule has 2 aromatic carbocycles. The highest BCUT2D eigenvalue weighted by molar-refractivity contribution is 6.31. The van der Waals surface area contributed by atoms with Crippen molar-refractivity contribution in [1.82, 2.24) is 0 Å². The zero-order valence-corrected chi connectivity index (χ0v) is 15.2. The van der Waals surface area contributed by atoms with E-state index < -0.39 is 5.82 Å². The van der Waals surface area contributed by atoms with Gasteiger partial charge in [0.2, 0.25) is 11.8 Å². The maximum absolute atomic E-state index is 13.2. The van der Waals surface area contributed by atoms with Crippen molar-refractivity contribution < 1.29 is 14.0 Å². The number of aryl methyl sites for hydroxylation is 2. The van der Waals surface area contributed by atoms with Crippen molar-refractivity contribution in [2.75, 3.05) is 16.8 Å². The third-order valence-electron chi connectivity index (χ3n) is 3.86. The van der Waals surface area contributed by atoms with Gasteiger partial charge in [0, 0.05) is 12.6 Å². The topological polar surface area (TPSA) is 49.4 Å². The molecule has 0 spiro atoms. The molecule has 0 heterocycles. The van der Waals surface area contributed by atoms with Gasteiger partial charge in [0.25, 0.3) is 0 Å².